The van der Waals surface area contributed by atoms with Gasteiger partial charge in [0.2, 0.25) is 5.95 Å². The van der Waals surface area contributed by atoms with Crippen LogP contribution in [0, 0.1) is 5.92 Å². The van der Waals surface area contributed by atoms with E-state index in [-0.39, 0.29) is 28.1 Å². The Hall–Kier alpha value is -1.46. The number of halogens is 1. The van der Waals surface area contributed by atoms with Crippen molar-refractivity contribution in [3.8, 4) is 0 Å². The molecule has 1 saturated carbocycles. The number of imidazole rings is 1. The van der Waals surface area contributed by atoms with E-state index in [1.165, 1.54) is 0 Å². The summed E-state index contributed by atoms with van der Waals surface area (Å²) in [5.74, 6) is 0.0557. The molecule has 8 nitrogen and oxygen atoms in total. The van der Waals surface area contributed by atoms with E-state index >= 15 is 0 Å². The minimum Gasteiger partial charge on any atom is -0.433 e. The molecule has 0 aromatic carbocycles. The Kier molecular flexibility index (Phi) is 6.37. The molecule has 3 N–H and O–H groups in total. The van der Waals surface area contributed by atoms with Crippen molar-refractivity contribution in [1.82, 2.24) is 19.5 Å². The zero-order chi connectivity index (χ0) is 22.4. The van der Waals surface area contributed by atoms with Gasteiger partial charge in [-0.05, 0) is 36.9 Å². The van der Waals surface area contributed by atoms with E-state index in [0.717, 1.165) is 5.57 Å². The number of rotatable bonds is 6. The maximum atomic E-state index is 10.8. The van der Waals surface area contributed by atoms with E-state index in [2.05, 4.69) is 60.6 Å². The predicted molar refractivity (Wildman–Crippen MR) is 123 cm³/mol. The van der Waals surface area contributed by atoms with E-state index in [0.29, 0.717) is 24.2 Å². The van der Waals surface area contributed by atoms with Gasteiger partial charge in [0, 0.05) is 12.5 Å². The second kappa shape index (κ2) is 8.23. The summed E-state index contributed by atoms with van der Waals surface area (Å²) in [7, 11) is -2.76. The number of nitrogens with zero attached hydrogens (tertiary/aromatic N) is 4. The van der Waals surface area contributed by atoms with Crippen molar-refractivity contribution >= 4 is 44.1 Å². The zero-order valence-electron chi connectivity index (χ0n) is 18.5. The molecule has 3 atom stereocenters. The Balaban J connectivity index is 1.86. The lowest BCUT2D eigenvalue weighted by molar-refractivity contribution is 0.104. The highest BCUT2D eigenvalue weighted by Gasteiger charge is 2.42. The van der Waals surface area contributed by atoms with Crippen LogP contribution in [0.5, 0.6) is 0 Å². The Labute approximate surface area is 184 Å². The highest BCUT2D eigenvalue weighted by molar-refractivity contribution is 6.74. The van der Waals surface area contributed by atoms with Crippen LogP contribution in [0.15, 0.2) is 18.5 Å². The molecule has 0 spiro atoms. The molecule has 30 heavy (non-hydrogen) atoms. The lowest BCUT2D eigenvalue weighted by Gasteiger charge is -2.37. The average molecular weight is 452 g/mol. The summed E-state index contributed by atoms with van der Waals surface area (Å²) in [6.07, 6.45) is 1.59. The van der Waals surface area contributed by atoms with E-state index in [1.54, 1.807) is 13.2 Å². The first-order valence-corrected chi connectivity index (χ1v) is 13.5. The fraction of sp³-hybridized carbons (Fsp3) is 0.632. The third-order valence-corrected chi connectivity index (χ3v) is 11.1. The summed E-state index contributed by atoms with van der Waals surface area (Å²) in [6, 6.07) is -0.177. The molecule has 2 heterocycles. The molecule has 1 fully saturated rings. The fourth-order valence-electron chi connectivity index (χ4n) is 3.43. The first-order chi connectivity index (χ1) is 13.8. The molecular weight excluding hydrogens is 421 g/mol. The van der Waals surface area contributed by atoms with Crippen LogP contribution in [0.3, 0.4) is 0 Å². The lowest BCUT2D eigenvalue weighted by Crippen LogP contribution is -2.42. The summed E-state index contributed by atoms with van der Waals surface area (Å²) < 4.78 is 8.23. The molecule has 2 aromatic heterocycles. The zero-order valence-corrected chi connectivity index (χ0v) is 20.2. The Morgan fingerprint density at radius 2 is 2.07 bits per heavy atom. The number of aliphatic hydroxyl groups is 1. The van der Waals surface area contributed by atoms with Crippen LogP contribution < -0.4 is 5.23 Å². The second-order valence-corrected chi connectivity index (χ2v) is 14.7. The molecule has 0 aliphatic heterocycles. The quantitative estimate of drug-likeness (QED) is 0.350. The number of anilines is 1. The van der Waals surface area contributed by atoms with Crippen molar-refractivity contribution in [3.63, 3.8) is 0 Å². The Bertz CT molecular complexity index is 946. The van der Waals surface area contributed by atoms with Crippen molar-refractivity contribution in [2.24, 2.45) is 5.92 Å². The number of fused-ring (bicyclic) bond motifs is 1. The highest BCUT2D eigenvalue weighted by Crippen LogP contribution is 2.43. The van der Waals surface area contributed by atoms with Gasteiger partial charge >= 0.3 is 7.05 Å². The second-order valence-electron chi connectivity index (χ2n) is 9.55. The molecule has 1 aliphatic rings. The number of aliphatic hydroxyl groups excluding tert-OH is 1. The van der Waals surface area contributed by atoms with Crippen molar-refractivity contribution in [1.29, 1.82) is 0 Å². The molecule has 0 bridgehead atoms. The molecule has 1 aliphatic carbocycles. The van der Waals surface area contributed by atoms with Crippen molar-refractivity contribution in [2.45, 2.75) is 64.3 Å². The molecule has 2 aromatic rings. The van der Waals surface area contributed by atoms with Gasteiger partial charge in [0.05, 0.1) is 18.5 Å². The van der Waals surface area contributed by atoms with Crippen LogP contribution in [0.2, 0.25) is 30.1 Å². The van der Waals surface area contributed by atoms with Crippen molar-refractivity contribution in [3.05, 3.63) is 23.6 Å². The topological polar surface area (TPSA) is 105 Å². The number of hydrogen-bond donors (Lipinski definition) is 3. The fourth-order valence-corrected chi connectivity index (χ4v) is 4.67. The lowest BCUT2D eigenvalue weighted by atomic mass is 9.89. The van der Waals surface area contributed by atoms with Gasteiger partial charge in [0.15, 0.2) is 19.1 Å². The van der Waals surface area contributed by atoms with Gasteiger partial charge in [0.25, 0.3) is 0 Å². The molecule has 11 heteroatoms. The monoisotopic (exact) mass is 451 g/mol. The summed E-state index contributed by atoms with van der Waals surface area (Å²) in [4.78, 5) is 13.0. The highest BCUT2D eigenvalue weighted by atomic mass is 35.5. The smallest absolute Gasteiger partial charge is 0.409 e. The maximum absolute atomic E-state index is 10.8. The molecule has 3 rings (SSSR count). The van der Waals surface area contributed by atoms with Crippen molar-refractivity contribution in [2.75, 3.05) is 11.8 Å². The molecule has 0 amide bonds. The van der Waals surface area contributed by atoms with Crippen LogP contribution >= 0.6 is 11.6 Å². The van der Waals surface area contributed by atoms with Gasteiger partial charge < -0.3 is 24.4 Å². The Morgan fingerprint density at radius 1 is 1.40 bits per heavy atom. The molecule has 0 unspecified atom stereocenters. The van der Waals surface area contributed by atoms with Crippen LogP contribution in [0.25, 0.3) is 11.2 Å². The van der Waals surface area contributed by atoms with Gasteiger partial charge in [-0.25, -0.2) is 4.98 Å². The third-order valence-electron chi connectivity index (χ3n) is 6.32. The van der Waals surface area contributed by atoms with E-state index < -0.39 is 21.5 Å². The first-order valence-electron chi connectivity index (χ1n) is 10.2. The summed E-state index contributed by atoms with van der Waals surface area (Å²) in [6.45, 7) is 17.3. The average Bonchev–Trinajstić information content (AvgIpc) is 3.13. The summed E-state index contributed by atoms with van der Waals surface area (Å²) >= 11 is 6.27. The van der Waals surface area contributed by atoms with E-state index in [4.69, 9.17) is 16.0 Å². The van der Waals surface area contributed by atoms with Gasteiger partial charge in [-0.3, -0.25) is 0 Å². The standard InChI is InChI=1S/C19H31BClN5O3Si/c1-11-12(9-29-30(6,7)19(2,3)4)14(27)8-13(11)26-10-22-15-16(21)23-18(24-17(15)26)25-20(5)28/h10,12-14,27-28H,1,8-9H2,2-7H3,(H,23,24,25)/t12-,13-,14-/m0/s1. The SMILES string of the molecule is C=C1[C@H](CO[Si](C)(C)C(C)(C)C)[C@@H](O)C[C@@H]1n1cnc2c(Cl)nc(NB(C)O)nc21. The third kappa shape index (κ3) is 4.43. The molecule has 0 saturated heterocycles. The molecular formula is C19H31BClN5O3Si. The van der Waals surface area contributed by atoms with E-state index in [9.17, 15) is 10.1 Å². The summed E-state index contributed by atoms with van der Waals surface area (Å²) in [5, 5.41) is 23.4. The van der Waals surface area contributed by atoms with Gasteiger partial charge in [-0.15, -0.1) is 0 Å². The van der Waals surface area contributed by atoms with Crippen molar-refractivity contribution < 1.29 is 14.6 Å². The number of hydrogen-bond acceptors (Lipinski definition) is 7. The molecule has 164 valence electrons. The van der Waals surface area contributed by atoms with Crippen LogP contribution in [0.1, 0.15) is 33.2 Å². The minimum absolute atomic E-state index is 0.0960. The maximum Gasteiger partial charge on any atom is 0.409 e. The van der Waals surface area contributed by atoms with Gasteiger partial charge in [-0.2, -0.15) is 9.97 Å². The van der Waals surface area contributed by atoms with Gasteiger partial charge in [0.1, 0.15) is 5.52 Å². The van der Waals surface area contributed by atoms with Gasteiger partial charge in [-0.1, -0.05) is 39.0 Å². The number of aromatic nitrogens is 4. The largest absolute Gasteiger partial charge is 0.433 e. The van der Waals surface area contributed by atoms with Crippen LogP contribution in [-0.4, -0.2) is 57.7 Å². The van der Waals surface area contributed by atoms with Crippen LogP contribution in [-0.2, 0) is 4.43 Å². The summed E-state index contributed by atoms with van der Waals surface area (Å²) in [5.41, 5.74) is 1.89. The van der Waals surface area contributed by atoms with E-state index in [1.807, 2.05) is 4.57 Å². The first kappa shape index (κ1) is 23.2. The number of nitrogens with one attached hydrogen (secondary N) is 1. The normalized spacial score (nSPS) is 22.7. The minimum atomic E-state index is -1.94. The van der Waals surface area contributed by atoms with Crippen LogP contribution in [0.4, 0.5) is 5.95 Å². The Morgan fingerprint density at radius 3 is 2.67 bits per heavy atom. The predicted octanol–water partition coefficient (Wildman–Crippen LogP) is 3.50. The molecule has 0 radical (unpaired) electrons.